The molecule has 0 aliphatic heterocycles. The lowest BCUT2D eigenvalue weighted by Gasteiger charge is -2.12. The standard InChI is InChI=1S/C11H17N3O4S/c1-8(15)13-10(11(16)17)7-19(18)4-3-9-5-12-14(2)6-9/h5-6,10H,3-4,7H2,1-2H3,(H,13,15)(H,16,17). The number of hydrogen-bond donors (Lipinski definition) is 2. The Bertz CT molecular complexity index is 486. The molecule has 2 atom stereocenters. The normalized spacial score (nSPS) is 13.8. The van der Waals surface area contributed by atoms with Crippen molar-refractivity contribution < 1.29 is 18.9 Å². The molecule has 0 aliphatic carbocycles. The minimum atomic E-state index is -1.31. The molecule has 1 rings (SSSR count). The molecule has 0 saturated heterocycles. The zero-order valence-corrected chi connectivity index (χ0v) is 11.6. The Morgan fingerprint density at radius 1 is 1.58 bits per heavy atom. The van der Waals surface area contributed by atoms with Crippen LogP contribution in [-0.4, -0.2) is 48.5 Å². The molecule has 106 valence electrons. The van der Waals surface area contributed by atoms with Crippen LogP contribution in [0.3, 0.4) is 0 Å². The highest BCUT2D eigenvalue weighted by atomic mass is 32.2. The number of carbonyl (C=O) groups excluding carboxylic acids is 1. The fraction of sp³-hybridized carbons (Fsp3) is 0.545. The summed E-state index contributed by atoms with van der Waals surface area (Å²) in [5.41, 5.74) is 0.947. The van der Waals surface area contributed by atoms with Crippen LogP contribution in [0, 0.1) is 0 Å². The first-order valence-corrected chi connectivity index (χ1v) is 7.19. The summed E-state index contributed by atoms with van der Waals surface area (Å²) in [6, 6.07) is -1.10. The van der Waals surface area contributed by atoms with Crippen molar-refractivity contribution in [3.63, 3.8) is 0 Å². The predicted molar refractivity (Wildman–Crippen MR) is 70.0 cm³/mol. The topological polar surface area (TPSA) is 101 Å². The summed E-state index contributed by atoms with van der Waals surface area (Å²) in [5.74, 6) is -1.37. The molecule has 0 fully saturated rings. The molecule has 0 bridgehead atoms. The van der Waals surface area contributed by atoms with Gasteiger partial charge in [-0.2, -0.15) is 5.10 Å². The number of carbonyl (C=O) groups is 2. The number of carboxylic acid groups (broad SMARTS) is 1. The summed E-state index contributed by atoms with van der Waals surface area (Å²) in [5, 5.41) is 15.2. The summed E-state index contributed by atoms with van der Waals surface area (Å²) in [7, 11) is 0.478. The number of aromatic nitrogens is 2. The zero-order valence-electron chi connectivity index (χ0n) is 10.8. The molecule has 0 spiro atoms. The lowest BCUT2D eigenvalue weighted by molar-refractivity contribution is -0.140. The molecule has 1 aromatic heterocycles. The van der Waals surface area contributed by atoms with Gasteiger partial charge in [0.25, 0.3) is 0 Å². The fourth-order valence-corrected chi connectivity index (χ4v) is 2.75. The Morgan fingerprint density at radius 2 is 2.26 bits per heavy atom. The minimum Gasteiger partial charge on any atom is -0.480 e. The molecular weight excluding hydrogens is 270 g/mol. The van der Waals surface area contributed by atoms with E-state index in [2.05, 4.69) is 10.4 Å². The molecule has 1 heterocycles. The third-order valence-corrected chi connectivity index (χ3v) is 3.77. The Balaban J connectivity index is 2.44. The molecule has 2 N–H and O–H groups in total. The van der Waals surface area contributed by atoms with E-state index in [9.17, 15) is 13.8 Å². The second kappa shape index (κ2) is 7.03. The van der Waals surface area contributed by atoms with Crippen LogP contribution < -0.4 is 5.32 Å². The van der Waals surface area contributed by atoms with Crippen LogP contribution in [0.25, 0.3) is 0 Å². The van der Waals surface area contributed by atoms with Gasteiger partial charge in [0.15, 0.2) is 0 Å². The fourth-order valence-electron chi connectivity index (χ4n) is 1.52. The molecule has 0 aromatic carbocycles. The van der Waals surface area contributed by atoms with Gasteiger partial charge in [-0.25, -0.2) is 4.79 Å². The molecule has 1 aromatic rings. The molecule has 0 saturated carbocycles. The maximum Gasteiger partial charge on any atom is 0.327 e. The lowest BCUT2D eigenvalue weighted by atomic mass is 10.3. The summed E-state index contributed by atoms with van der Waals surface area (Å²) in [6.45, 7) is 1.23. The van der Waals surface area contributed by atoms with Crippen LogP contribution >= 0.6 is 0 Å². The summed E-state index contributed by atoms with van der Waals surface area (Å²) < 4.78 is 13.4. The average molecular weight is 287 g/mol. The highest BCUT2D eigenvalue weighted by Gasteiger charge is 2.21. The molecule has 1 amide bonds. The van der Waals surface area contributed by atoms with Gasteiger partial charge in [-0.05, 0) is 12.0 Å². The highest BCUT2D eigenvalue weighted by Crippen LogP contribution is 2.00. The monoisotopic (exact) mass is 287 g/mol. The van der Waals surface area contributed by atoms with Crippen LogP contribution in [0.1, 0.15) is 12.5 Å². The van der Waals surface area contributed by atoms with Gasteiger partial charge >= 0.3 is 5.97 Å². The molecule has 8 heteroatoms. The quantitative estimate of drug-likeness (QED) is 0.690. The summed E-state index contributed by atoms with van der Waals surface area (Å²) in [6.07, 6.45) is 4.06. The Hall–Kier alpha value is -1.70. The molecule has 0 aliphatic rings. The van der Waals surface area contributed by atoms with Crippen LogP contribution in [-0.2, 0) is 33.9 Å². The SMILES string of the molecule is CC(=O)NC(CS(=O)CCc1cnn(C)c1)C(=O)O. The van der Waals surface area contributed by atoms with Gasteiger partial charge < -0.3 is 10.4 Å². The number of rotatable bonds is 7. The predicted octanol–water partition coefficient (Wildman–Crippen LogP) is -0.699. The maximum atomic E-state index is 11.8. The first-order valence-electron chi connectivity index (χ1n) is 5.71. The van der Waals surface area contributed by atoms with Crippen molar-refractivity contribution in [1.29, 1.82) is 0 Å². The summed E-state index contributed by atoms with van der Waals surface area (Å²) in [4.78, 5) is 21.7. The second-order valence-corrected chi connectivity index (χ2v) is 5.80. The van der Waals surface area contributed by atoms with Crippen molar-refractivity contribution in [2.75, 3.05) is 11.5 Å². The Morgan fingerprint density at radius 3 is 2.74 bits per heavy atom. The third kappa shape index (κ3) is 5.64. The minimum absolute atomic E-state index is 0.0881. The number of carboxylic acids is 1. The number of nitrogens with one attached hydrogen (secondary N) is 1. The Kier molecular flexibility index (Phi) is 5.68. The van der Waals surface area contributed by atoms with Crippen molar-refractivity contribution in [1.82, 2.24) is 15.1 Å². The van der Waals surface area contributed by atoms with E-state index in [-0.39, 0.29) is 5.75 Å². The zero-order chi connectivity index (χ0) is 14.4. The van der Waals surface area contributed by atoms with E-state index < -0.39 is 28.7 Å². The maximum absolute atomic E-state index is 11.8. The van der Waals surface area contributed by atoms with Crippen LogP contribution in [0.4, 0.5) is 0 Å². The first kappa shape index (κ1) is 15.4. The first-order chi connectivity index (χ1) is 8.88. The molecule has 2 unspecified atom stereocenters. The van der Waals surface area contributed by atoms with E-state index in [1.807, 2.05) is 6.20 Å². The van der Waals surface area contributed by atoms with Crippen molar-refractivity contribution >= 4 is 22.7 Å². The average Bonchev–Trinajstić information content (AvgIpc) is 2.71. The van der Waals surface area contributed by atoms with Crippen molar-refractivity contribution in [3.05, 3.63) is 18.0 Å². The van der Waals surface area contributed by atoms with E-state index >= 15 is 0 Å². The van der Waals surface area contributed by atoms with E-state index in [0.29, 0.717) is 12.2 Å². The van der Waals surface area contributed by atoms with Gasteiger partial charge in [-0.3, -0.25) is 13.7 Å². The molecular formula is C11H17N3O4S. The van der Waals surface area contributed by atoms with Gasteiger partial charge in [0.1, 0.15) is 6.04 Å². The van der Waals surface area contributed by atoms with E-state index in [4.69, 9.17) is 5.11 Å². The Labute approximate surface area is 113 Å². The smallest absolute Gasteiger partial charge is 0.327 e. The largest absolute Gasteiger partial charge is 0.480 e. The highest BCUT2D eigenvalue weighted by molar-refractivity contribution is 7.85. The molecule has 7 nitrogen and oxygen atoms in total. The van der Waals surface area contributed by atoms with Crippen molar-refractivity contribution in [2.24, 2.45) is 7.05 Å². The second-order valence-electron chi connectivity index (χ2n) is 4.17. The summed E-state index contributed by atoms with van der Waals surface area (Å²) >= 11 is 0. The van der Waals surface area contributed by atoms with Gasteiger partial charge in [0.05, 0.1) is 11.9 Å². The number of hydrogen-bond acceptors (Lipinski definition) is 4. The molecule has 0 radical (unpaired) electrons. The van der Waals surface area contributed by atoms with Crippen LogP contribution in [0.2, 0.25) is 0 Å². The van der Waals surface area contributed by atoms with E-state index in [1.54, 1.807) is 17.9 Å². The van der Waals surface area contributed by atoms with Gasteiger partial charge in [0, 0.05) is 36.7 Å². The molecule has 19 heavy (non-hydrogen) atoms. The van der Waals surface area contributed by atoms with Crippen molar-refractivity contribution in [2.45, 2.75) is 19.4 Å². The van der Waals surface area contributed by atoms with E-state index in [1.165, 1.54) is 6.92 Å². The number of amides is 1. The van der Waals surface area contributed by atoms with Gasteiger partial charge in [0.2, 0.25) is 5.91 Å². The number of nitrogens with zero attached hydrogens (tertiary/aromatic N) is 2. The van der Waals surface area contributed by atoms with Crippen molar-refractivity contribution in [3.8, 4) is 0 Å². The van der Waals surface area contributed by atoms with E-state index in [0.717, 1.165) is 5.56 Å². The number of aliphatic carboxylic acids is 1. The lowest BCUT2D eigenvalue weighted by Crippen LogP contribution is -2.43. The van der Waals surface area contributed by atoms with Crippen LogP contribution in [0.15, 0.2) is 12.4 Å². The third-order valence-electron chi connectivity index (χ3n) is 2.40. The van der Waals surface area contributed by atoms with Gasteiger partial charge in [-0.15, -0.1) is 0 Å². The number of aryl methyl sites for hydroxylation is 2. The van der Waals surface area contributed by atoms with Crippen LogP contribution in [0.5, 0.6) is 0 Å². The van der Waals surface area contributed by atoms with Gasteiger partial charge in [-0.1, -0.05) is 0 Å².